The molecular weight excluding hydrogens is 232 g/mol. The van der Waals surface area contributed by atoms with Gasteiger partial charge in [-0.1, -0.05) is 36.4 Å². The van der Waals surface area contributed by atoms with Gasteiger partial charge in [0.2, 0.25) is 0 Å². The molecule has 0 saturated heterocycles. The van der Waals surface area contributed by atoms with Crippen molar-refractivity contribution in [2.24, 2.45) is 5.73 Å². The Morgan fingerprint density at radius 1 is 0.944 bits per heavy atom. The lowest BCUT2D eigenvalue weighted by Crippen LogP contribution is -2.36. The molecule has 1 aliphatic rings. The maximum absolute atomic E-state index is 13.9. The van der Waals surface area contributed by atoms with Crippen LogP contribution in [0.25, 0.3) is 0 Å². The van der Waals surface area contributed by atoms with E-state index in [2.05, 4.69) is 0 Å². The van der Waals surface area contributed by atoms with Crippen LogP contribution in [0.2, 0.25) is 0 Å². The second-order valence-corrected chi connectivity index (χ2v) is 4.73. The molecule has 2 N–H and O–H groups in total. The molecular formula is C15H13F2N. The Morgan fingerprint density at radius 3 is 2.50 bits per heavy atom. The van der Waals surface area contributed by atoms with E-state index in [1.54, 1.807) is 6.07 Å². The second kappa shape index (κ2) is 3.89. The van der Waals surface area contributed by atoms with Crippen molar-refractivity contribution in [3.63, 3.8) is 0 Å². The van der Waals surface area contributed by atoms with Crippen LogP contribution in [0.1, 0.15) is 23.1 Å². The van der Waals surface area contributed by atoms with Gasteiger partial charge in [-0.25, -0.2) is 8.78 Å². The summed E-state index contributed by atoms with van der Waals surface area (Å²) in [5.74, 6) is -1.68. The second-order valence-electron chi connectivity index (χ2n) is 4.73. The van der Waals surface area contributed by atoms with Gasteiger partial charge in [0.25, 0.3) is 0 Å². The molecule has 2 aromatic carbocycles. The number of nitrogens with two attached hydrogens (primary N) is 1. The smallest absolute Gasteiger partial charge is 0.164 e. The van der Waals surface area contributed by atoms with Gasteiger partial charge < -0.3 is 5.73 Å². The Bertz CT molecular complexity index is 609. The Kier molecular flexibility index (Phi) is 2.45. The molecule has 0 bridgehead atoms. The van der Waals surface area contributed by atoms with E-state index < -0.39 is 17.2 Å². The van der Waals surface area contributed by atoms with E-state index in [1.807, 2.05) is 24.3 Å². The molecule has 0 radical (unpaired) electrons. The molecule has 0 heterocycles. The van der Waals surface area contributed by atoms with Crippen molar-refractivity contribution in [3.05, 3.63) is 70.8 Å². The molecule has 92 valence electrons. The van der Waals surface area contributed by atoms with Crippen LogP contribution in [0.4, 0.5) is 8.78 Å². The number of benzene rings is 2. The fourth-order valence-corrected chi connectivity index (χ4v) is 2.77. The minimum Gasteiger partial charge on any atom is -0.318 e. The summed E-state index contributed by atoms with van der Waals surface area (Å²) in [5.41, 5.74) is 7.70. The molecule has 2 aromatic rings. The van der Waals surface area contributed by atoms with E-state index in [4.69, 9.17) is 5.73 Å². The predicted molar refractivity (Wildman–Crippen MR) is 66.1 cm³/mol. The van der Waals surface area contributed by atoms with Crippen LogP contribution in [0.15, 0.2) is 42.5 Å². The van der Waals surface area contributed by atoms with Crippen molar-refractivity contribution >= 4 is 0 Å². The number of halogens is 2. The van der Waals surface area contributed by atoms with E-state index in [0.717, 1.165) is 23.6 Å². The molecule has 1 nitrogen and oxygen atoms in total. The average Bonchev–Trinajstić information content (AvgIpc) is 2.72. The third-order valence-electron chi connectivity index (χ3n) is 3.72. The average molecular weight is 245 g/mol. The first kappa shape index (κ1) is 11.4. The van der Waals surface area contributed by atoms with E-state index in [0.29, 0.717) is 6.42 Å². The quantitative estimate of drug-likeness (QED) is 0.820. The van der Waals surface area contributed by atoms with Crippen molar-refractivity contribution in [3.8, 4) is 0 Å². The van der Waals surface area contributed by atoms with Crippen molar-refractivity contribution < 1.29 is 8.78 Å². The largest absolute Gasteiger partial charge is 0.318 e. The van der Waals surface area contributed by atoms with Crippen molar-refractivity contribution in [2.75, 3.05) is 0 Å². The standard InChI is InChI=1S/C15H13F2N/c16-13-7-3-6-12(14(13)17)15(18)9-8-10-4-1-2-5-11(10)15/h1-7H,8-9,18H2. The number of hydrogen-bond donors (Lipinski definition) is 1. The fourth-order valence-electron chi connectivity index (χ4n) is 2.77. The summed E-state index contributed by atoms with van der Waals surface area (Å²) < 4.78 is 27.3. The SMILES string of the molecule is NC1(c2cccc(F)c2F)CCc2ccccc21. The number of aryl methyl sites for hydroxylation is 1. The summed E-state index contributed by atoms with van der Waals surface area (Å²) in [6.07, 6.45) is 1.40. The molecule has 0 fully saturated rings. The lowest BCUT2D eigenvalue weighted by Gasteiger charge is -2.26. The highest BCUT2D eigenvalue weighted by molar-refractivity contribution is 5.47. The molecule has 1 unspecified atom stereocenters. The number of hydrogen-bond acceptors (Lipinski definition) is 1. The normalized spacial score (nSPS) is 21.9. The van der Waals surface area contributed by atoms with Gasteiger partial charge in [-0.2, -0.15) is 0 Å². The minimum atomic E-state index is -0.914. The highest BCUT2D eigenvalue weighted by Crippen LogP contribution is 2.40. The highest BCUT2D eigenvalue weighted by Gasteiger charge is 2.38. The molecule has 0 aliphatic heterocycles. The molecule has 3 heteroatoms. The zero-order valence-corrected chi connectivity index (χ0v) is 9.79. The Balaban J connectivity index is 2.21. The highest BCUT2D eigenvalue weighted by atomic mass is 19.2. The maximum Gasteiger partial charge on any atom is 0.164 e. The van der Waals surface area contributed by atoms with Gasteiger partial charge in [-0.05, 0) is 30.0 Å². The van der Waals surface area contributed by atoms with Crippen molar-refractivity contribution in [1.29, 1.82) is 0 Å². The van der Waals surface area contributed by atoms with Gasteiger partial charge in [0.1, 0.15) is 0 Å². The van der Waals surface area contributed by atoms with Gasteiger partial charge in [0, 0.05) is 5.56 Å². The summed E-state index contributed by atoms with van der Waals surface area (Å²) in [4.78, 5) is 0. The summed E-state index contributed by atoms with van der Waals surface area (Å²) in [6, 6.07) is 11.9. The maximum atomic E-state index is 13.9. The van der Waals surface area contributed by atoms with E-state index in [1.165, 1.54) is 6.07 Å². The first-order valence-electron chi connectivity index (χ1n) is 5.95. The fraction of sp³-hybridized carbons (Fsp3) is 0.200. The molecule has 0 saturated carbocycles. The van der Waals surface area contributed by atoms with Crippen LogP contribution in [0.3, 0.4) is 0 Å². The molecule has 3 rings (SSSR count). The predicted octanol–water partition coefficient (Wildman–Crippen LogP) is 3.11. The zero-order chi connectivity index (χ0) is 12.8. The lowest BCUT2D eigenvalue weighted by molar-refractivity contribution is 0.451. The summed E-state index contributed by atoms with van der Waals surface area (Å²) in [7, 11) is 0. The molecule has 1 aliphatic carbocycles. The van der Waals surface area contributed by atoms with E-state index in [-0.39, 0.29) is 5.56 Å². The third kappa shape index (κ3) is 1.47. The topological polar surface area (TPSA) is 26.0 Å². The van der Waals surface area contributed by atoms with Crippen LogP contribution >= 0.6 is 0 Å². The van der Waals surface area contributed by atoms with E-state index in [9.17, 15) is 8.78 Å². The monoisotopic (exact) mass is 245 g/mol. The van der Waals surface area contributed by atoms with E-state index >= 15 is 0 Å². The van der Waals surface area contributed by atoms with Gasteiger partial charge in [0.05, 0.1) is 5.54 Å². The number of fused-ring (bicyclic) bond motifs is 1. The summed E-state index contributed by atoms with van der Waals surface area (Å²) in [5, 5.41) is 0. The lowest BCUT2D eigenvalue weighted by atomic mass is 9.85. The molecule has 0 aromatic heterocycles. The molecule has 0 amide bonds. The molecule has 18 heavy (non-hydrogen) atoms. The zero-order valence-electron chi connectivity index (χ0n) is 9.79. The van der Waals surface area contributed by atoms with Crippen molar-refractivity contribution in [2.45, 2.75) is 18.4 Å². The van der Waals surface area contributed by atoms with Gasteiger partial charge >= 0.3 is 0 Å². The van der Waals surface area contributed by atoms with Crippen LogP contribution in [-0.2, 0) is 12.0 Å². The van der Waals surface area contributed by atoms with Crippen LogP contribution in [0, 0.1) is 11.6 Å². The van der Waals surface area contributed by atoms with Crippen molar-refractivity contribution in [1.82, 2.24) is 0 Å². The van der Waals surface area contributed by atoms with Gasteiger partial charge in [-0.15, -0.1) is 0 Å². The van der Waals surface area contributed by atoms with Crippen LogP contribution < -0.4 is 5.73 Å². The Labute approximate surface area is 104 Å². The van der Waals surface area contributed by atoms with Gasteiger partial charge in [0.15, 0.2) is 11.6 Å². The van der Waals surface area contributed by atoms with Crippen LogP contribution in [0.5, 0.6) is 0 Å². The first-order valence-corrected chi connectivity index (χ1v) is 5.95. The number of rotatable bonds is 1. The summed E-state index contributed by atoms with van der Waals surface area (Å²) >= 11 is 0. The third-order valence-corrected chi connectivity index (χ3v) is 3.72. The Hall–Kier alpha value is -1.74. The van der Waals surface area contributed by atoms with Gasteiger partial charge in [-0.3, -0.25) is 0 Å². The van der Waals surface area contributed by atoms with Crippen LogP contribution in [-0.4, -0.2) is 0 Å². The molecule has 0 spiro atoms. The minimum absolute atomic E-state index is 0.243. The molecule has 1 atom stereocenters. The summed E-state index contributed by atoms with van der Waals surface area (Å²) in [6.45, 7) is 0. The first-order chi connectivity index (χ1) is 8.63. The Morgan fingerprint density at radius 2 is 1.67 bits per heavy atom.